The molecule has 1 N–H and O–H groups in total. The van der Waals surface area contributed by atoms with E-state index in [9.17, 15) is 9.59 Å². The zero-order valence-electron chi connectivity index (χ0n) is 18.3. The predicted molar refractivity (Wildman–Crippen MR) is 129 cm³/mol. The standard InChI is InChI=1S/C24H23N5O2S2/c1-13-4-3-5-15(8-13)21-20(27-14(2)33-21)23(31)29-17(9-16-10-18(16)29)11-25-22(30)19-12-26-24-28(19)6-7-32-24/h3-8,12,16-18H,9-11H2,1-2H3,(H,25,30)/t16-,17+,18+/m1/s1. The molecule has 1 aromatic carbocycles. The van der Waals surface area contributed by atoms with Crippen LogP contribution in [0.25, 0.3) is 15.4 Å². The molecule has 1 saturated heterocycles. The molecule has 6 rings (SSSR count). The summed E-state index contributed by atoms with van der Waals surface area (Å²) in [5.74, 6) is 0.333. The number of likely N-dealkylation sites (tertiary alicyclic amines) is 1. The number of carbonyl (C=O) groups excluding carboxylic acids is 2. The van der Waals surface area contributed by atoms with Gasteiger partial charge < -0.3 is 10.2 Å². The van der Waals surface area contributed by atoms with Gasteiger partial charge in [-0.1, -0.05) is 29.8 Å². The molecule has 3 aromatic heterocycles. The molecule has 0 radical (unpaired) electrons. The van der Waals surface area contributed by atoms with E-state index in [1.165, 1.54) is 11.3 Å². The van der Waals surface area contributed by atoms with Crippen LogP contribution in [0.15, 0.2) is 42.0 Å². The summed E-state index contributed by atoms with van der Waals surface area (Å²) in [6, 6.07) is 8.43. The van der Waals surface area contributed by atoms with Crippen LogP contribution in [0.4, 0.5) is 0 Å². The number of hydrogen-bond donors (Lipinski definition) is 1. The summed E-state index contributed by atoms with van der Waals surface area (Å²) in [6.07, 6.45) is 5.40. The number of hydrogen-bond acceptors (Lipinski definition) is 6. The number of rotatable bonds is 5. The monoisotopic (exact) mass is 477 g/mol. The fourth-order valence-electron chi connectivity index (χ4n) is 4.93. The molecular weight excluding hydrogens is 454 g/mol. The highest BCUT2D eigenvalue weighted by Gasteiger charge is 2.54. The Kier molecular flexibility index (Phi) is 4.84. The molecule has 4 heterocycles. The minimum atomic E-state index is -0.168. The largest absolute Gasteiger partial charge is 0.349 e. The summed E-state index contributed by atoms with van der Waals surface area (Å²) in [5, 5.41) is 5.83. The first-order chi connectivity index (χ1) is 16.0. The van der Waals surface area contributed by atoms with Crippen molar-refractivity contribution >= 4 is 39.4 Å². The topological polar surface area (TPSA) is 79.6 Å². The van der Waals surface area contributed by atoms with E-state index in [2.05, 4.69) is 34.3 Å². The van der Waals surface area contributed by atoms with Crippen LogP contribution in [0.5, 0.6) is 0 Å². The number of fused-ring (bicyclic) bond motifs is 2. The second kappa shape index (κ2) is 7.78. The van der Waals surface area contributed by atoms with E-state index < -0.39 is 0 Å². The van der Waals surface area contributed by atoms with Crippen molar-refractivity contribution in [1.29, 1.82) is 0 Å². The van der Waals surface area contributed by atoms with E-state index in [1.54, 1.807) is 21.9 Å². The number of amides is 2. The zero-order valence-corrected chi connectivity index (χ0v) is 19.9. The number of benzene rings is 1. The fraction of sp³-hybridized carbons (Fsp3) is 0.333. The van der Waals surface area contributed by atoms with Gasteiger partial charge in [-0.3, -0.25) is 14.0 Å². The van der Waals surface area contributed by atoms with Crippen molar-refractivity contribution in [2.45, 2.75) is 38.8 Å². The minimum Gasteiger partial charge on any atom is -0.349 e. The van der Waals surface area contributed by atoms with Crippen molar-refractivity contribution in [2.75, 3.05) is 6.54 Å². The molecule has 4 aromatic rings. The minimum absolute atomic E-state index is 0.0234. The Balaban J connectivity index is 1.23. The van der Waals surface area contributed by atoms with Gasteiger partial charge in [-0.15, -0.1) is 22.7 Å². The lowest BCUT2D eigenvalue weighted by atomic mass is 10.1. The molecule has 33 heavy (non-hydrogen) atoms. The van der Waals surface area contributed by atoms with Gasteiger partial charge in [0.05, 0.1) is 22.1 Å². The van der Waals surface area contributed by atoms with Crippen LogP contribution < -0.4 is 5.32 Å². The molecule has 0 spiro atoms. The van der Waals surface area contributed by atoms with Gasteiger partial charge in [-0.2, -0.15) is 0 Å². The highest BCUT2D eigenvalue weighted by Crippen LogP contribution is 2.48. The van der Waals surface area contributed by atoms with Crippen LogP contribution >= 0.6 is 22.7 Å². The van der Waals surface area contributed by atoms with E-state index in [0.29, 0.717) is 23.9 Å². The molecule has 168 valence electrons. The average molecular weight is 478 g/mol. The third-order valence-corrected chi connectivity index (χ3v) is 8.33. The van der Waals surface area contributed by atoms with Gasteiger partial charge in [0.1, 0.15) is 11.4 Å². The van der Waals surface area contributed by atoms with E-state index in [1.807, 2.05) is 35.5 Å². The summed E-state index contributed by atoms with van der Waals surface area (Å²) in [5.41, 5.74) is 3.23. The molecule has 1 saturated carbocycles. The number of thiazole rings is 2. The Hall–Kier alpha value is -3.04. The smallest absolute Gasteiger partial charge is 0.274 e. The van der Waals surface area contributed by atoms with Crippen LogP contribution in [-0.2, 0) is 0 Å². The molecular formula is C24H23N5O2S2. The average Bonchev–Trinajstić information content (AvgIpc) is 3.21. The summed E-state index contributed by atoms with van der Waals surface area (Å²) >= 11 is 3.05. The zero-order chi connectivity index (χ0) is 22.7. The van der Waals surface area contributed by atoms with Crippen molar-refractivity contribution in [1.82, 2.24) is 24.6 Å². The van der Waals surface area contributed by atoms with Gasteiger partial charge in [0.25, 0.3) is 11.8 Å². The quantitative estimate of drug-likeness (QED) is 0.468. The van der Waals surface area contributed by atoms with Crippen molar-refractivity contribution in [3.63, 3.8) is 0 Å². The highest BCUT2D eigenvalue weighted by atomic mass is 32.1. The lowest BCUT2D eigenvalue weighted by Gasteiger charge is -2.27. The maximum absolute atomic E-state index is 13.7. The first-order valence-electron chi connectivity index (χ1n) is 11.1. The Labute approximate surface area is 199 Å². The first kappa shape index (κ1) is 20.6. The number of aryl methyl sites for hydroxylation is 2. The maximum atomic E-state index is 13.7. The van der Waals surface area contributed by atoms with Gasteiger partial charge in [-0.25, -0.2) is 9.97 Å². The van der Waals surface area contributed by atoms with E-state index in [-0.39, 0.29) is 23.9 Å². The molecule has 1 aliphatic heterocycles. The molecule has 7 nitrogen and oxygen atoms in total. The Bertz CT molecular complexity index is 1390. The number of imidazole rings is 1. The predicted octanol–water partition coefficient (Wildman–Crippen LogP) is 4.17. The number of carbonyl (C=O) groups is 2. The molecule has 2 amide bonds. The molecule has 1 aliphatic carbocycles. The lowest BCUT2D eigenvalue weighted by Crippen LogP contribution is -2.45. The van der Waals surface area contributed by atoms with Crippen molar-refractivity contribution in [3.8, 4) is 10.4 Å². The molecule has 2 aliphatic rings. The Morgan fingerprint density at radius 2 is 2.12 bits per heavy atom. The summed E-state index contributed by atoms with van der Waals surface area (Å²) in [7, 11) is 0. The van der Waals surface area contributed by atoms with Gasteiger partial charge >= 0.3 is 0 Å². The van der Waals surface area contributed by atoms with Gasteiger partial charge in [0, 0.05) is 24.2 Å². The van der Waals surface area contributed by atoms with Gasteiger partial charge in [-0.05, 0) is 38.2 Å². The van der Waals surface area contributed by atoms with Crippen LogP contribution in [0.1, 0.15) is 44.4 Å². The molecule has 2 fully saturated rings. The van der Waals surface area contributed by atoms with Crippen molar-refractivity contribution in [2.24, 2.45) is 5.92 Å². The van der Waals surface area contributed by atoms with Crippen LogP contribution in [0.3, 0.4) is 0 Å². The first-order valence-corrected chi connectivity index (χ1v) is 12.7. The third-order valence-electron chi connectivity index (χ3n) is 6.54. The van der Waals surface area contributed by atoms with E-state index >= 15 is 0 Å². The van der Waals surface area contributed by atoms with Crippen LogP contribution in [-0.4, -0.2) is 49.7 Å². The van der Waals surface area contributed by atoms with Crippen molar-refractivity contribution < 1.29 is 9.59 Å². The molecule has 3 atom stereocenters. The Morgan fingerprint density at radius 1 is 1.24 bits per heavy atom. The van der Waals surface area contributed by atoms with E-state index in [4.69, 9.17) is 0 Å². The molecule has 0 unspecified atom stereocenters. The third kappa shape index (κ3) is 3.55. The fourth-order valence-corrected chi connectivity index (χ4v) is 6.53. The summed E-state index contributed by atoms with van der Waals surface area (Å²) in [4.78, 5) is 39.2. The number of nitrogens with zero attached hydrogens (tertiary/aromatic N) is 4. The second-order valence-electron chi connectivity index (χ2n) is 8.85. The number of nitrogens with one attached hydrogen (secondary N) is 1. The maximum Gasteiger partial charge on any atom is 0.274 e. The normalized spacial score (nSPS) is 21.4. The van der Waals surface area contributed by atoms with Crippen molar-refractivity contribution in [3.05, 3.63) is 64.0 Å². The SMILES string of the molecule is Cc1cccc(-c2sc(C)nc2C(=O)N2[C@H](CNC(=O)c3cnc4sccn34)C[C@@H]3C[C@@H]32)c1. The summed E-state index contributed by atoms with van der Waals surface area (Å²) in [6.45, 7) is 4.42. The molecule has 0 bridgehead atoms. The summed E-state index contributed by atoms with van der Waals surface area (Å²) < 4.78 is 1.79. The van der Waals surface area contributed by atoms with Gasteiger partial charge in [0.15, 0.2) is 4.96 Å². The highest BCUT2D eigenvalue weighted by molar-refractivity contribution is 7.15. The lowest BCUT2D eigenvalue weighted by molar-refractivity contribution is 0.0684. The van der Waals surface area contributed by atoms with E-state index in [0.717, 1.165) is 38.8 Å². The van der Waals surface area contributed by atoms with Crippen LogP contribution in [0.2, 0.25) is 0 Å². The van der Waals surface area contributed by atoms with Gasteiger partial charge in [0.2, 0.25) is 0 Å². The number of aromatic nitrogens is 3. The molecule has 9 heteroatoms. The van der Waals surface area contributed by atoms with Crippen LogP contribution in [0, 0.1) is 19.8 Å². The second-order valence-corrected chi connectivity index (χ2v) is 10.9. The number of piperidine rings is 1. The Morgan fingerprint density at radius 3 is 2.97 bits per heavy atom.